The zero-order valence-corrected chi connectivity index (χ0v) is 15.7. The summed E-state index contributed by atoms with van der Waals surface area (Å²) >= 11 is 0. The Balaban J connectivity index is 1.33. The Morgan fingerprint density at radius 2 is 2.00 bits per heavy atom. The van der Waals surface area contributed by atoms with Gasteiger partial charge in [-0.25, -0.2) is 0 Å². The Bertz CT molecular complexity index is 938. The van der Waals surface area contributed by atoms with Crippen molar-refractivity contribution in [2.24, 2.45) is 0 Å². The summed E-state index contributed by atoms with van der Waals surface area (Å²) in [6.07, 6.45) is 3.73. The highest BCUT2D eigenvalue weighted by Crippen LogP contribution is 2.29. The minimum absolute atomic E-state index is 0.0293. The topological polar surface area (TPSA) is 78.5 Å². The van der Waals surface area contributed by atoms with Crippen molar-refractivity contribution in [2.75, 3.05) is 22.1 Å². The van der Waals surface area contributed by atoms with Crippen LogP contribution in [0.15, 0.2) is 42.5 Å². The van der Waals surface area contributed by atoms with E-state index in [1.54, 1.807) is 4.90 Å². The molecular formula is C22H23N3O3. The quantitative estimate of drug-likeness (QED) is 0.811. The van der Waals surface area contributed by atoms with Crippen molar-refractivity contribution in [3.8, 4) is 0 Å². The van der Waals surface area contributed by atoms with Gasteiger partial charge >= 0.3 is 0 Å². The van der Waals surface area contributed by atoms with Gasteiger partial charge in [-0.05, 0) is 48.6 Å². The third-order valence-electron chi connectivity index (χ3n) is 5.21. The number of nitrogens with one attached hydrogen (secondary N) is 2. The number of para-hydroxylation sites is 2. The van der Waals surface area contributed by atoms with Gasteiger partial charge in [-0.3, -0.25) is 14.4 Å². The number of nitrogens with zero attached hydrogens (tertiary/aromatic N) is 1. The van der Waals surface area contributed by atoms with E-state index < -0.39 is 0 Å². The molecule has 0 atom stereocenters. The summed E-state index contributed by atoms with van der Waals surface area (Å²) in [4.78, 5) is 37.6. The Kier molecular flexibility index (Phi) is 5.10. The molecule has 2 aromatic carbocycles. The molecule has 1 fully saturated rings. The minimum Gasteiger partial charge on any atom is -0.326 e. The number of hydrogen-bond acceptors (Lipinski definition) is 3. The van der Waals surface area contributed by atoms with Crippen LogP contribution in [0.25, 0.3) is 0 Å². The molecule has 0 spiro atoms. The van der Waals surface area contributed by atoms with Gasteiger partial charge in [0.2, 0.25) is 17.7 Å². The maximum Gasteiger partial charge on any atom is 0.228 e. The second kappa shape index (κ2) is 7.84. The van der Waals surface area contributed by atoms with Gasteiger partial charge in [0.05, 0.1) is 17.8 Å². The Morgan fingerprint density at radius 3 is 2.82 bits per heavy atom. The third-order valence-corrected chi connectivity index (χ3v) is 5.21. The van der Waals surface area contributed by atoms with Crippen molar-refractivity contribution in [3.63, 3.8) is 0 Å². The number of aryl methyl sites for hydroxylation is 1. The Hall–Kier alpha value is -3.15. The SMILES string of the molecule is O=C1Cc2cc(CCCC(=O)Nc3ccccc3N3CCCC3=O)ccc2N1. The molecule has 4 rings (SSSR count). The molecule has 2 aliphatic heterocycles. The van der Waals surface area contributed by atoms with E-state index in [1.165, 1.54) is 0 Å². The van der Waals surface area contributed by atoms with E-state index in [2.05, 4.69) is 10.6 Å². The molecule has 3 amide bonds. The molecular weight excluding hydrogens is 354 g/mol. The smallest absolute Gasteiger partial charge is 0.228 e. The van der Waals surface area contributed by atoms with Crippen LogP contribution in [0.4, 0.5) is 17.1 Å². The molecule has 1 saturated heterocycles. The first-order chi connectivity index (χ1) is 13.6. The molecule has 0 unspecified atom stereocenters. The summed E-state index contributed by atoms with van der Waals surface area (Å²) < 4.78 is 0. The fourth-order valence-corrected chi connectivity index (χ4v) is 3.82. The normalized spacial score (nSPS) is 15.5. The summed E-state index contributed by atoms with van der Waals surface area (Å²) in [6, 6.07) is 13.4. The predicted octanol–water partition coefficient (Wildman–Crippen LogP) is 3.27. The molecule has 2 aliphatic rings. The molecule has 0 radical (unpaired) electrons. The number of benzene rings is 2. The van der Waals surface area contributed by atoms with E-state index >= 15 is 0 Å². The van der Waals surface area contributed by atoms with E-state index in [1.807, 2.05) is 42.5 Å². The zero-order valence-electron chi connectivity index (χ0n) is 15.7. The molecule has 2 heterocycles. The summed E-state index contributed by atoms with van der Waals surface area (Å²) in [6.45, 7) is 0.696. The number of carbonyl (C=O) groups excluding carboxylic acids is 3. The highest BCUT2D eigenvalue weighted by Gasteiger charge is 2.24. The van der Waals surface area contributed by atoms with Gasteiger partial charge in [-0.1, -0.05) is 24.3 Å². The number of amides is 3. The van der Waals surface area contributed by atoms with Gasteiger partial charge in [-0.2, -0.15) is 0 Å². The lowest BCUT2D eigenvalue weighted by Gasteiger charge is -2.20. The van der Waals surface area contributed by atoms with Crippen LogP contribution >= 0.6 is 0 Å². The number of anilines is 3. The molecule has 28 heavy (non-hydrogen) atoms. The molecule has 6 nitrogen and oxygen atoms in total. The third kappa shape index (κ3) is 3.91. The number of rotatable bonds is 6. The largest absolute Gasteiger partial charge is 0.326 e. The van der Waals surface area contributed by atoms with Crippen LogP contribution in [0.3, 0.4) is 0 Å². The molecule has 0 aromatic heterocycles. The lowest BCUT2D eigenvalue weighted by atomic mass is 10.0. The minimum atomic E-state index is -0.0582. The lowest BCUT2D eigenvalue weighted by molar-refractivity contribution is -0.117. The second-order valence-corrected chi connectivity index (χ2v) is 7.28. The van der Waals surface area contributed by atoms with Gasteiger partial charge in [0.15, 0.2) is 0 Å². The van der Waals surface area contributed by atoms with Crippen LogP contribution in [-0.2, 0) is 27.2 Å². The summed E-state index contributed by atoms with van der Waals surface area (Å²) in [5.41, 5.74) is 4.50. The van der Waals surface area contributed by atoms with Crippen molar-refractivity contribution in [1.82, 2.24) is 0 Å². The molecule has 2 N–H and O–H groups in total. The highest BCUT2D eigenvalue weighted by molar-refractivity contribution is 6.02. The van der Waals surface area contributed by atoms with Crippen molar-refractivity contribution >= 4 is 34.8 Å². The van der Waals surface area contributed by atoms with Gasteiger partial charge in [0.1, 0.15) is 0 Å². The average molecular weight is 377 g/mol. The second-order valence-electron chi connectivity index (χ2n) is 7.28. The first-order valence-corrected chi connectivity index (χ1v) is 9.71. The Morgan fingerprint density at radius 1 is 1.14 bits per heavy atom. The first-order valence-electron chi connectivity index (χ1n) is 9.71. The number of fused-ring (bicyclic) bond motifs is 1. The fraction of sp³-hybridized carbons (Fsp3) is 0.318. The maximum absolute atomic E-state index is 12.4. The van der Waals surface area contributed by atoms with Crippen LogP contribution in [0, 0.1) is 0 Å². The van der Waals surface area contributed by atoms with E-state index in [-0.39, 0.29) is 17.7 Å². The fourth-order valence-electron chi connectivity index (χ4n) is 3.82. The molecule has 144 valence electrons. The summed E-state index contributed by atoms with van der Waals surface area (Å²) in [5, 5.41) is 5.78. The monoisotopic (exact) mass is 377 g/mol. The van der Waals surface area contributed by atoms with Crippen LogP contribution in [0.2, 0.25) is 0 Å². The van der Waals surface area contributed by atoms with Crippen LogP contribution in [0.1, 0.15) is 36.8 Å². The van der Waals surface area contributed by atoms with Gasteiger partial charge < -0.3 is 15.5 Å². The van der Waals surface area contributed by atoms with Crippen molar-refractivity contribution in [2.45, 2.75) is 38.5 Å². The van der Waals surface area contributed by atoms with Crippen LogP contribution in [-0.4, -0.2) is 24.3 Å². The Labute approximate surface area is 163 Å². The van der Waals surface area contributed by atoms with Crippen molar-refractivity contribution in [3.05, 3.63) is 53.6 Å². The van der Waals surface area contributed by atoms with Crippen LogP contribution in [0.5, 0.6) is 0 Å². The van der Waals surface area contributed by atoms with E-state index in [4.69, 9.17) is 0 Å². The van der Waals surface area contributed by atoms with Crippen molar-refractivity contribution < 1.29 is 14.4 Å². The van der Waals surface area contributed by atoms with E-state index in [9.17, 15) is 14.4 Å². The summed E-state index contributed by atoms with van der Waals surface area (Å²) in [5.74, 6) is 0.0741. The number of carbonyl (C=O) groups is 3. The predicted molar refractivity (Wildman–Crippen MR) is 108 cm³/mol. The molecule has 0 aliphatic carbocycles. The highest BCUT2D eigenvalue weighted by atomic mass is 16.2. The summed E-state index contributed by atoms with van der Waals surface area (Å²) in [7, 11) is 0. The molecule has 2 aromatic rings. The molecule has 6 heteroatoms. The standard InChI is InChI=1S/C22H23N3O3/c26-20(8-3-5-15-10-11-17-16(13-15)14-21(27)23-17)24-18-6-1-2-7-19(18)25-12-4-9-22(25)28/h1-2,6-7,10-11,13H,3-5,8-9,12,14H2,(H,23,27)(H,24,26). The number of hydrogen-bond donors (Lipinski definition) is 2. The maximum atomic E-state index is 12.4. The van der Waals surface area contributed by atoms with Gasteiger partial charge in [-0.15, -0.1) is 0 Å². The van der Waals surface area contributed by atoms with Crippen LogP contribution < -0.4 is 15.5 Å². The lowest BCUT2D eigenvalue weighted by Crippen LogP contribution is -2.25. The molecule has 0 bridgehead atoms. The van der Waals surface area contributed by atoms with E-state index in [0.29, 0.717) is 31.5 Å². The molecule has 0 saturated carbocycles. The van der Waals surface area contributed by atoms with Crippen molar-refractivity contribution in [1.29, 1.82) is 0 Å². The van der Waals surface area contributed by atoms with Gasteiger partial charge in [0.25, 0.3) is 0 Å². The zero-order chi connectivity index (χ0) is 19.5. The van der Waals surface area contributed by atoms with E-state index in [0.717, 1.165) is 41.8 Å². The van der Waals surface area contributed by atoms with Gasteiger partial charge in [0, 0.05) is 25.1 Å². The first kappa shape index (κ1) is 18.2. The average Bonchev–Trinajstić information content (AvgIpc) is 3.26.